The Morgan fingerprint density at radius 1 is 1.43 bits per heavy atom. The van der Waals surface area contributed by atoms with Gasteiger partial charge in [-0.1, -0.05) is 18.2 Å². The average molecular weight is 196 g/mol. The Morgan fingerprint density at radius 2 is 2.07 bits per heavy atom. The molecule has 0 bridgehead atoms. The van der Waals surface area contributed by atoms with Crippen molar-refractivity contribution in [3.8, 4) is 0 Å². The van der Waals surface area contributed by atoms with Gasteiger partial charge >= 0.3 is 5.97 Å². The van der Waals surface area contributed by atoms with Crippen LogP contribution in [0.5, 0.6) is 0 Å². The zero-order valence-electron chi connectivity index (χ0n) is 8.78. The van der Waals surface area contributed by atoms with Gasteiger partial charge in [0.05, 0.1) is 0 Å². The standard InChI is InChI=1S/C11H16O3/c1-10(2,3)14-9(12)11(13)7-5-4-6-8-11/h4-7,13H,8H2,1-3H3. The summed E-state index contributed by atoms with van der Waals surface area (Å²) in [4.78, 5) is 11.6. The molecule has 14 heavy (non-hydrogen) atoms. The quantitative estimate of drug-likeness (QED) is 0.647. The van der Waals surface area contributed by atoms with Crippen molar-refractivity contribution in [1.82, 2.24) is 0 Å². The van der Waals surface area contributed by atoms with Crippen LogP contribution >= 0.6 is 0 Å². The van der Waals surface area contributed by atoms with E-state index in [1.807, 2.05) is 0 Å². The van der Waals surface area contributed by atoms with Crippen LogP contribution in [0.4, 0.5) is 0 Å². The lowest BCUT2D eigenvalue weighted by Gasteiger charge is -2.28. The summed E-state index contributed by atoms with van der Waals surface area (Å²) in [6.07, 6.45) is 6.91. The molecule has 0 fully saturated rings. The Morgan fingerprint density at radius 3 is 2.50 bits per heavy atom. The van der Waals surface area contributed by atoms with Gasteiger partial charge in [-0.2, -0.15) is 0 Å². The Labute approximate surface area is 84.1 Å². The molecular formula is C11H16O3. The predicted octanol–water partition coefficient (Wildman–Crippen LogP) is 1.58. The molecule has 0 saturated carbocycles. The van der Waals surface area contributed by atoms with E-state index in [4.69, 9.17) is 4.74 Å². The molecule has 0 aromatic rings. The van der Waals surface area contributed by atoms with Gasteiger partial charge in [0.2, 0.25) is 0 Å². The van der Waals surface area contributed by atoms with E-state index in [0.29, 0.717) is 0 Å². The van der Waals surface area contributed by atoms with E-state index in [1.165, 1.54) is 6.08 Å². The molecule has 0 aromatic carbocycles. The highest BCUT2D eigenvalue weighted by Gasteiger charge is 2.36. The molecule has 0 heterocycles. The zero-order chi connectivity index (χ0) is 10.8. The highest BCUT2D eigenvalue weighted by atomic mass is 16.6. The fraction of sp³-hybridized carbons (Fsp3) is 0.545. The summed E-state index contributed by atoms with van der Waals surface area (Å²) < 4.78 is 5.11. The van der Waals surface area contributed by atoms with E-state index in [1.54, 1.807) is 39.0 Å². The second-order valence-corrected chi connectivity index (χ2v) is 4.42. The highest BCUT2D eigenvalue weighted by Crippen LogP contribution is 2.22. The van der Waals surface area contributed by atoms with Crippen LogP contribution in [0.1, 0.15) is 27.2 Å². The molecule has 1 rings (SSSR count). The molecule has 1 aliphatic carbocycles. The monoisotopic (exact) mass is 196 g/mol. The lowest BCUT2D eigenvalue weighted by Crippen LogP contribution is -2.42. The first-order valence-electron chi connectivity index (χ1n) is 4.64. The highest BCUT2D eigenvalue weighted by molar-refractivity contribution is 5.82. The Bertz CT molecular complexity index is 283. The van der Waals surface area contributed by atoms with Gasteiger partial charge in [-0.3, -0.25) is 0 Å². The first-order valence-corrected chi connectivity index (χ1v) is 4.64. The van der Waals surface area contributed by atoms with Crippen molar-refractivity contribution in [2.45, 2.75) is 38.4 Å². The normalized spacial score (nSPS) is 26.3. The van der Waals surface area contributed by atoms with Gasteiger partial charge in [0.25, 0.3) is 0 Å². The van der Waals surface area contributed by atoms with E-state index < -0.39 is 17.2 Å². The third kappa shape index (κ3) is 2.70. The van der Waals surface area contributed by atoms with E-state index in [0.717, 1.165) is 0 Å². The summed E-state index contributed by atoms with van der Waals surface area (Å²) in [7, 11) is 0. The van der Waals surface area contributed by atoms with Crippen LogP contribution in [0.2, 0.25) is 0 Å². The summed E-state index contributed by atoms with van der Waals surface area (Å²) in [6, 6.07) is 0. The molecule has 0 saturated heterocycles. The van der Waals surface area contributed by atoms with Crippen LogP contribution in [0.3, 0.4) is 0 Å². The fourth-order valence-corrected chi connectivity index (χ4v) is 1.13. The Hall–Kier alpha value is -1.09. The van der Waals surface area contributed by atoms with Crippen molar-refractivity contribution in [3.05, 3.63) is 24.3 Å². The zero-order valence-corrected chi connectivity index (χ0v) is 8.78. The van der Waals surface area contributed by atoms with Gasteiger partial charge in [-0.05, 0) is 26.8 Å². The molecule has 3 heteroatoms. The van der Waals surface area contributed by atoms with Crippen molar-refractivity contribution < 1.29 is 14.6 Å². The molecule has 0 spiro atoms. The minimum absolute atomic E-state index is 0.276. The summed E-state index contributed by atoms with van der Waals surface area (Å²) in [5, 5.41) is 9.89. The maximum absolute atomic E-state index is 11.6. The van der Waals surface area contributed by atoms with Gasteiger partial charge in [-0.25, -0.2) is 4.79 Å². The molecular weight excluding hydrogens is 180 g/mol. The van der Waals surface area contributed by atoms with Gasteiger partial charge in [0, 0.05) is 6.42 Å². The van der Waals surface area contributed by atoms with Gasteiger partial charge < -0.3 is 9.84 Å². The molecule has 0 amide bonds. The topological polar surface area (TPSA) is 46.5 Å². The van der Waals surface area contributed by atoms with Crippen LogP contribution in [0, 0.1) is 0 Å². The van der Waals surface area contributed by atoms with Crippen LogP contribution in [-0.2, 0) is 9.53 Å². The Balaban J connectivity index is 2.69. The minimum Gasteiger partial charge on any atom is -0.458 e. The molecule has 0 aliphatic heterocycles. The first-order chi connectivity index (χ1) is 6.33. The summed E-state index contributed by atoms with van der Waals surface area (Å²) in [5.41, 5.74) is -2.05. The third-order valence-electron chi connectivity index (χ3n) is 1.80. The third-order valence-corrected chi connectivity index (χ3v) is 1.80. The minimum atomic E-state index is -1.48. The number of carbonyl (C=O) groups excluding carboxylic acids is 1. The van der Waals surface area contributed by atoms with Crippen LogP contribution in [-0.4, -0.2) is 22.3 Å². The number of ether oxygens (including phenoxy) is 1. The van der Waals surface area contributed by atoms with E-state index in [2.05, 4.69) is 0 Å². The lowest BCUT2D eigenvalue weighted by atomic mass is 9.95. The maximum Gasteiger partial charge on any atom is 0.343 e. The summed E-state index contributed by atoms with van der Waals surface area (Å²) in [5.74, 6) is -0.592. The molecule has 0 aromatic heterocycles. The molecule has 3 nitrogen and oxygen atoms in total. The molecule has 1 N–H and O–H groups in total. The first kappa shape index (κ1) is 11.0. The lowest BCUT2D eigenvalue weighted by molar-refractivity contribution is -0.171. The van der Waals surface area contributed by atoms with Crippen molar-refractivity contribution >= 4 is 5.97 Å². The predicted molar refractivity (Wildman–Crippen MR) is 53.7 cm³/mol. The summed E-state index contributed by atoms with van der Waals surface area (Å²) in [6.45, 7) is 5.32. The van der Waals surface area contributed by atoms with Crippen LogP contribution in [0.15, 0.2) is 24.3 Å². The molecule has 78 valence electrons. The number of hydrogen-bond acceptors (Lipinski definition) is 3. The average Bonchev–Trinajstić information content (AvgIpc) is 2.02. The van der Waals surface area contributed by atoms with Crippen molar-refractivity contribution in [3.63, 3.8) is 0 Å². The van der Waals surface area contributed by atoms with Crippen molar-refractivity contribution in [2.75, 3.05) is 0 Å². The maximum atomic E-state index is 11.6. The van der Waals surface area contributed by atoms with Crippen LogP contribution in [0.25, 0.3) is 0 Å². The molecule has 1 aliphatic rings. The smallest absolute Gasteiger partial charge is 0.343 e. The molecule has 0 radical (unpaired) electrons. The van der Waals surface area contributed by atoms with E-state index in [9.17, 15) is 9.90 Å². The van der Waals surface area contributed by atoms with Gasteiger partial charge in [-0.15, -0.1) is 0 Å². The number of carbonyl (C=O) groups is 1. The second-order valence-electron chi connectivity index (χ2n) is 4.42. The van der Waals surface area contributed by atoms with Gasteiger partial charge in [0.1, 0.15) is 5.60 Å². The van der Waals surface area contributed by atoms with Crippen molar-refractivity contribution in [2.24, 2.45) is 0 Å². The Kier molecular flexibility index (Phi) is 2.81. The largest absolute Gasteiger partial charge is 0.458 e. The van der Waals surface area contributed by atoms with E-state index >= 15 is 0 Å². The number of esters is 1. The molecule has 1 atom stereocenters. The molecule has 1 unspecified atom stereocenters. The van der Waals surface area contributed by atoms with Crippen molar-refractivity contribution in [1.29, 1.82) is 0 Å². The fourth-order valence-electron chi connectivity index (χ4n) is 1.13. The number of aliphatic hydroxyl groups is 1. The summed E-state index contributed by atoms with van der Waals surface area (Å²) >= 11 is 0. The second kappa shape index (κ2) is 3.58. The van der Waals surface area contributed by atoms with Crippen LogP contribution < -0.4 is 0 Å². The van der Waals surface area contributed by atoms with E-state index in [-0.39, 0.29) is 6.42 Å². The van der Waals surface area contributed by atoms with Gasteiger partial charge in [0.15, 0.2) is 5.60 Å². The SMILES string of the molecule is CC(C)(C)OC(=O)C1(O)C=CC=CC1. The number of rotatable bonds is 1. The number of hydrogen-bond donors (Lipinski definition) is 1. The number of allylic oxidation sites excluding steroid dienone is 2.